The minimum Gasteiger partial charge on any atom is -0.545 e. The van der Waals surface area contributed by atoms with Crippen LogP contribution >= 0.6 is 0 Å². The summed E-state index contributed by atoms with van der Waals surface area (Å²) >= 11 is 0. The van der Waals surface area contributed by atoms with Gasteiger partial charge in [0.25, 0.3) is 0 Å². The highest BCUT2D eigenvalue weighted by Gasteiger charge is 2.21. The second-order valence-electron chi connectivity index (χ2n) is 17.7. The maximum absolute atomic E-state index is 12.7. The number of ether oxygens (including phenoxy) is 4. The minimum absolute atomic E-state index is 0.142. The molecule has 9 heteroatoms. The van der Waals surface area contributed by atoms with Gasteiger partial charge < -0.3 is 33.3 Å². The van der Waals surface area contributed by atoms with Crippen LogP contribution in [-0.2, 0) is 33.3 Å². The van der Waals surface area contributed by atoms with Crippen LogP contribution in [0, 0.1) is 0 Å². The Kier molecular flexibility index (Phi) is 44.0. The lowest BCUT2D eigenvalue weighted by Crippen LogP contribution is -2.44. The highest BCUT2D eigenvalue weighted by atomic mass is 16.7. The first-order valence-electron chi connectivity index (χ1n) is 25.4. The molecule has 0 N–H and O–H groups in total. The number of carboxylic acids is 1. The van der Waals surface area contributed by atoms with Crippen LogP contribution < -0.4 is 5.11 Å². The third-order valence-electron chi connectivity index (χ3n) is 10.3. The molecular weight excluding hydrogens is 815 g/mol. The molecule has 0 saturated heterocycles. The molecular formula is C56H93NO8. The standard InChI is InChI=1S/C56H93NO8/c1-6-8-10-12-14-15-16-17-18-19-20-21-22-23-24-25-26-27-28-29-30-31-32-33-34-35-36-37-38-39-41-43-45-47-54(59)65-52(50-63-53(58)46-44-42-40-13-11-9-7-2)51-64-56(55(60)61)62-49-48-57(3,4)5/h8,10,14-15,17-18,20-21,23-24,26-27,29-30,32-33,52,56H,6-7,9,11-13,16,19,22,25,28,31,34-51H2,1-5H3/b10-8-,15-14-,18-17-,21-20-,24-23-,27-26-,30-29-,33-32-. The van der Waals surface area contributed by atoms with E-state index in [1.165, 1.54) is 51.4 Å². The number of unbranched alkanes of at least 4 members (excludes halogenated alkanes) is 14. The highest BCUT2D eigenvalue weighted by Crippen LogP contribution is 2.13. The lowest BCUT2D eigenvalue weighted by atomic mass is 10.1. The average molecular weight is 908 g/mol. The van der Waals surface area contributed by atoms with Crippen molar-refractivity contribution in [3.63, 3.8) is 0 Å². The van der Waals surface area contributed by atoms with E-state index in [-0.39, 0.29) is 38.6 Å². The van der Waals surface area contributed by atoms with Crippen LogP contribution in [0.5, 0.6) is 0 Å². The Morgan fingerprint density at radius 2 is 0.877 bits per heavy atom. The number of aliphatic carboxylic acids is 1. The number of hydrogen-bond acceptors (Lipinski definition) is 8. The van der Waals surface area contributed by atoms with Gasteiger partial charge in [0, 0.05) is 12.8 Å². The van der Waals surface area contributed by atoms with E-state index in [4.69, 9.17) is 18.9 Å². The van der Waals surface area contributed by atoms with E-state index in [0.29, 0.717) is 17.4 Å². The molecule has 2 unspecified atom stereocenters. The van der Waals surface area contributed by atoms with Gasteiger partial charge >= 0.3 is 11.9 Å². The Balaban J connectivity index is 4.16. The second-order valence-corrected chi connectivity index (χ2v) is 17.7. The number of carbonyl (C=O) groups excluding carboxylic acids is 3. The molecule has 0 heterocycles. The number of carboxylic acid groups (broad SMARTS) is 1. The van der Waals surface area contributed by atoms with E-state index < -0.39 is 24.3 Å². The molecule has 0 rings (SSSR count). The van der Waals surface area contributed by atoms with Crippen molar-refractivity contribution in [3.05, 3.63) is 97.2 Å². The third-order valence-corrected chi connectivity index (χ3v) is 10.3. The quantitative estimate of drug-likeness (QED) is 0.0195. The number of likely N-dealkylation sites (N-methyl/N-ethyl adjacent to an activating group) is 1. The minimum atomic E-state index is -1.62. The van der Waals surface area contributed by atoms with Gasteiger partial charge in [0.1, 0.15) is 13.2 Å². The maximum atomic E-state index is 12.7. The fraction of sp³-hybridized carbons (Fsp3) is 0.661. The maximum Gasteiger partial charge on any atom is 0.306 e. The molecule has 0 aliphatic rings. The van der Waals surface area contributed by atoms with E-state index in [0.717, 1.165) is 96.3 Å². The van der Waals surface area contributed by atoms with E-state index >= 15 is 0 Å². The number of quaternary nitrogens is 1. The van der Waals surface area contributed by atoms with Crippen LogP contribution in [0.3, 0.4) is 0 Å². The van der Waals surface area contributed by atoms with Crippen molar-refractivity contribution >= 4 is 17.9 Å². The van der Waals surface area contributed by atoms with Crippen LogP contribution in [0.2, 0.25) is 0 Å². The summed E-state index contributed by atoms with van der Waals surface area (Å²) in [5.74, 6) is -2.31. The summed E-state index contributed by atoms with van der Waals surface area (Å²) in [6, 6.07) is 0. The predicted octanol–water partition coefficient (Wildman–Crippen LogP) is 12.9. The van der Waals surface area contributed by atoms with Crippen molar-refractivity contribution in [1.82, 2.24) is 0 Å². The predicted molar refractivity (Wildman–Crippen MR) is 269 cm³/mol. The van der Waals surface area contributed by atoms with Gasteiger partial charge in [-0.05, 0) is 77.0 Å². The van der Waals surface area contributed by atoms with E-state index in [2.05, 4.69) is 111 Å². The van der Waals surface area contributed by atoms with Crippen LogP contribution in [-0.4, -0.2) is 82.3 Å². The largest absolute Gasteiger partial charge is 0.545 e. The first-order chi connectivity index (χ1) is 31.6. The second kappa shape index (κ2) is 46.7. The van der Waals surface area contributed by atoms with Crippen LogP contribution in [0.4, 0.5) is 0 Å². The lowest BCUT2D eigenvalue weighted by Gasteiger charge is -2.26. The Bertz CT molecular complexity index is 1380. The molecule has 0 aliphatic heterocycles. The summed E-state index contributed by atoms with van der Waals surface area (Å²) in [7, 11) is 5.89. The van der Waals surface area contributed by atoms with Gasteiger partial charge in [-0.3, -0.25) is 9.59 Å². The van der Waals surface area contributed by atoms with Gasteiger partial charge in [-0.2, -0.15) is 0 Å². The molecule has 0 radical (unpaired) electrons. The summed E-state index contributed by atoms with van der Waals surface area (Å²) in [6.07, 6.45) is 59.1. The summed E-state index contributed by atoms with van der Waals surface area (Å²) in [5, 5.41) is 11.7. The van der Waals surface area contributed by atoms with Crippen molar-refractivity contribution < 1.29 is 42.9 Å². The van der Waals surface area contributed by atoms with Gasteiger partial charge in [-0.15, -0.1) is 0 Å². The normalized spacial score (nSPS) is 13.7. The number of hydrogen-bond donors (Lipinski definition) is 0. The molecule has 0 aromatic heterocycles. The molecule has 0 fully saturated rings. The molecule has 2 atom stereocenters. The van der Waals surface area contributed by atoms with Crippen LogP contribution in [0.25, 0.3) is 0 Å². The fourth-order valence-electron chi connectivity index (χ4n) is 6.43. The number of esters is 2. The molecule has 0 saturated carbocycles. The topological polar surface area (TPSA) is 111 Å². The van der Waals surface area contributed by atoms with Crippen LogP contribution in [0.15, 0.2) is 97.2 Å². The zero-order chi connectivity index (χ0) is 47.7. The number of carbonyl (C=O) groups is 3. The van der Waals surface area contributed by atoms with Crippen molar-refractivity contribution in [1.29, 1.82) is 0 Å². The summed E-state index contributed by atoms with van der Waals surface area (Å²) in [6.45, 7) is 4.54. The van der Waals surface area contributed by atoms with Gasteiger partial charge in [0.15, 0.2) is 12.4 Å². The Hall–Kier alpha value is -3.79. The fourth-order valence-corrected chi connectivity index (χ4v) is 6.43. The molecule has 0 amide bonds. The monoisotopic (exact) mass is 908 g/mol. The molecule has 0 aliphatic carbocycles. The van der Waals surface area contributed by atoms with Gasteiger partial charge in [0.2, 0.25) is 0 Å². The molecule has 0 aromatic rings. The summed E-state index contributed by atoms with van der Waals surface area (Å²) < 4.78 is 22.5. The summed E-state index contributed by atoms with van der Waals surface area (Å²) in [4.78, 5) is 36.9. The van der Waals surface area contributed by atoms with Crippen LogP contribution in [0.1, 0.15) is 181 Å². The summed E-state index contributed by atoms with van der Waals surface area (Å²) in [5.41, 5.74) is 0. The zero-order valence-corrected chi connectivity index (χ0v) is 41.8. The van der Waals surface area contributed by atoms with E-state index in [9.17, 15) is 19.5 Å². The van der Waals surface area contributed by atoms with Gasteiger partial charge in [-0.1, -0.05) is 188 Å². The molecule has 9 nitrogen and oxygen atoms in total. The number of nitrogens with zero attached hydrogens (tertiary/aromatic N) is 1. The molecule has 65 heavy (non-hydrogen) atoms. The molecule has 0 bridgehead atoms. The smallest absolute Gasteiger partial charge is 0.306 e. The third kappa shape index (κ3) is 48.0. The first kappa shape index (κ1) is 61.2. The average Bonchev–Trinajstić information content (AvgIpc) is 3.27. The Morgan fingerprint density at radius 1 is 0.477 bits per heavy atom. The lowest BCUT2D eigenvalue weighted by molar-refractivity contribution is -0.870. The molecule has 0 spiro atoms. The first-order valence-corrected chi connectivity index (χ1v) is 25.4. The van der Waals surface area contributed by atoms with E-state index in [1.807, 2.05) is 21.1 Å². The SMILES string of the molecule is CC/C=C\C/C=C\C/C=C\C/C=C\C/C=C\C/C=C\C/C=C\C/C=C\CCCCCCCCCCC(=O)OC(COC(=O)CCCCCCCCC)COC(OCC[N+](C)(C)C)C(=O)[O-]. The highest BCUT2D eigenvalue weighted by molar-refractivity contribution is 5.70. The number of rotatable bonds is 45. The number of allylic oxidation sites excluding steroid dienone is 16. The molecule has 370 valence electrons. The van der Waals surface area contributed by atoms with Gasteiger partial charge in [0.05, 0.1) is 40.3 Å². The van der Waals surface area contributed by atoms with Crippen molar-refractivity contribution in [2.75, 3.05) is 47.5 Å². The molecule has 0 aromatic carbocycles. The Labute approximate surface area is 397 Å². The van der Waals surface area contributed by atoms with E-state index in [1.54, 1.807) is 0 Å². The van der Waals surface area contributed by atoms with Gasteiger partial charge in [-0.25, -0.2) is 0 Å². The van der Waals surface area contributed by atoms with Crippen molar-refractivity contribution in [3.8, 4) is 0 Å². The van der Waals surface area contributed by atoms with Crippen molar-refractivity contribution in [2.45, 2.75) is 193 Å². The Morgan fingerprint density at radius 3 is 1.31 bits per heavy atom. The zero-order valence-electron chi connectivity index (χ0n) is 41.8. The van der Waals surface area contributed by atoms with Crippen molar-refractivity contribution in [2.24, 2.45) is 0 Å².